The molecule has 0 saturated heterocycles. The zero-order valence-electron chi connectivity index (χ0n) is 5.74. The minimum Gasteiger partial charge on any atom is -0.330 e. The van der Waals surface area contributed by atoms with Crippen molar-refractivity contribution in [2.24, 2.45) is 5.73 Å². The lowest BCUT2D eigenvalue weighted by molar-refractivity contribution is 0.318. The smallest absolute Gasteiger partial charge is 0.264 e. The molecule has 0 saturated carbocycles. The van der Waals surface area contributed by atoms with Crippen LogP contribution in [-0.2, 0) is 14.3 Å². The van der Waals surface area contributed by atoms with Crippen LogP contribution < -0.4 is 5.73 Å². The molecule has 2 N–H and O–H groups in total. The van der Waals surface area contributed by atoms with Crippen LogP contribution in [0.25, 0.3) is 0 Å². The van der Waals surface area contributed by atoms with Crippen molar-refractivity contribution in [1.29, 1.82) is 0 Å². The molecule has 0 aliphatic rings. The highest BCUT2D eigenvalue weighted by Gasteiger charge is 1.98. The normalized spacial score (nSPS) is 10.6. The second kappa shape index (κ2) is 6.09. The Balaban J connectivity index is 0. The van der Waals surface area contributed by atoms with Crippen molar-refractivity contribution in [2.75, 3.05) is 19.4 Å². The molecule has 0 bridgehead atoms. The van der Waals surface area contributed by atoms with Crippen molar-refractivity contribution in [2.45, 2.75) is 6.42 Å². The average Bonchev–Trinajstić information content (AvgIpc) is 1.63. The lowest BCUT2D eigenvalue weighted by Gasteiger charge is -1.96. The van der Waals surface area contributed by atoms with E-state index in [1.54, 1.807) is 0 Å². The van der Waals surface area contributed by atoms with E-state index in [9.17, 15) is 8.42 Å². The highest BCUT2D eigenvalue weighted by molar-refractivity contribution is 8.93. The van der Waals surface area contributed by atoms with Crippen LogP contribution in [0.4, 0.5) is 0 Å². The van der Waals surface area contributed by atoms with Gasteiger partial charge in [0, 0.05) is 0 Å². The summed E-state index contributed by atoms with van der Waals surface area (Å²) in [6, 6.07) is 0. The predicted octanol–water partition coefficient (Wildman–Crippen LogP) is -0.111. The molecule has 0 aromatic heterocycles. The zero-order chi connectivity index (χ0) is 7.33. The molecule has 0 amide bonds. The Morgan fingerprint density at radius 2 is 2.00 bits per heavy atom. The van der Waals surface area contributed by atoms with E-state index in [-0.39, 0.29) is 23.6 Å². The zero-order valence-corrected chi connectivity index (χ0v) is 8.27. The molecule has 0 aliphatic carbocycles. The molecular weight excluding hydrogens is 222 g/mol. The fourth-order valence-corrected chi connectivity index (χ4v) is 0.714. The molecule has 0 aromatic carbocycles. The molecule has 0 spiro atoms. The van der Waals surface area contributed by atoms with Crippen LogP contribution in [0.1, 0.15) is 6.42 Å². The Morgan fingerprint density at radius 1 is 1.50 bits per heavy atom. The Bertz CT molecular complexity index is 156. The number of nitrogens with two attached hydrogens (primary N) is 1. The van der Waals surface area contributed by atoms with Crippen molar-refractivity contribution < 1.29 is 12.6 Å². The van der Waals surface area contributed by atoms with Crippen molar-refractivity contribution >= 4 is 27.1 Å². The second-order valence-corrected chi connectivity index (χ2v) is 3.31. The Hall–Kier alpha value is 0.350. The van der Waals surface area contributed by atoms with Gasteiger partial charge in [-0.3, -0.25) is 4.18 Å². The third kappa shape index (κ3) is 11.2. The van der Waals surface area contributed by atoms with Crippen LogP contribution >= 0.6 is 17.0 Å². The largest absolute Gasteiger partial charge is 0.330 e. The topological polar surface area (TPSA) is 69.4 Å². The molecule has 10 heavy (non-hydrogen) atoms. The first-order chi connectivity index (χ1) is 4.06. The summed E-state index contributed by atoms with van der Waals surface area (Å²) < 4.78 is 24.8. The van der Waals surface area contributed by atoms with Crippen LogP contribution in [0.3, 0.4) is 0 Å². The fraction of sp³-hybridized carbons (Fsp3) is 1.00. The van der Waals surface area contributed by atoms with Crippen molar-refractivity contribution in [3.8, 4) is 0 Å². The minimum atomic E-state index is -3.25. The molecule has 0 fully saturated rings. The van der Waals surface area contributed by atoms with E-state index < -0.39 is 10.1 Å². The minimum absolute atomic E-state index is 0. The molecule has 4 nitrogen and oxygen atoms in total. The molecule has 6 heteroatoms. The average molecular weight is 234 g/mol. The SMILES string of the molecule is Br.CS(=O)(=O)OCCCN. The number of halogens is 1. The molecule has 0 heterocycles. The van der Waals surface area contributed by atoms with Gasteiger partial charge in [-0.15, -0.1) is 17.0 Å². The lowest BCUT2D eigenvalue weighted by atomic mass is 10.5. The van der Waals surface area contributed by atoms with Crippen LogP contribution in [0, 0.1) is 0 Å². The fourth-order valence-electron chi connectivity index (χ4n) is 0.294. The maximum absolute atomic E-state index is 10.2. The van der Waals surface area contributed by atoms with Crippen molar-refractivity contribution in [1.82, 2.24) is 0 Å². The van der Waals surface area contributed by atoms with Crippen LogP contribution in [0.5, 0.6) is 0 Å². The van der Waals surface area contributed by atoms with Gasteiger partial charge in [0.1, 0.15) is 0 Å². The van der Waals surface area contributed by atoms with Gasteiger partial charge in [-0.05, 0) is 13.0 Å². The van der Waals surface area contributed by atoms with Gasteiger partial charge in [0.05, 0.1) is 12.9 Å². The van der Waals surface area contributed by atoms with E-state index in [2.05, 4.69) is 4.18 Å². The first kappa shape index (κ1) is 13.0. The molecule has 0 atom stereocenters. The van der Waals surface area contributed by atoms with Gasteiger partial charge in [0.25, 0.3) is 10.1 Å². The Labute approximate surface area is 71.6 Å². The van der Waals surface area contributed by atoms with Crippen LogP contribution in [-0.4, -0.2) is 27.8 Å². The third-order valence-corrected chi connectivity index (χ3v) is 1.24. The predicted molar refractivity (Wildman–Crippen MR) is 44.8 cm³/mol. The maximum atomic E-state index is 10.2. The lowest BCUT2D eigenvalue weighted by Crippen LogP contribution is -2.08. The van der Waals surface area contributed by atoms with Gasteiger partial charge >= 0.3 is 0 Å². The van der Waals surface area contributed by atoms with Crippen molar-refractivity contribution in [3.05, 3.63) is 0 Å². The van der Waals surface area contributed by atoms with Gasteiger partial charge in [-0.25, -0.2) is 0 Å². The van der Waals surface area contributed by atoms with Crippen LogP contribution in [0.15, 0.2) is 0 Å². The highest BCUT2D eigenvalue weighted by Crippen LogP contribution is 1.86. The summed E-state index contributed by atoms with van der Waals surface area (Å²) in [6.45, 7) is 0.644. The maximum Gasteiger partial charge on any atom is 0.264 e. The number of hydrogen-bond acceptors (Lipinski definition) is 4. The molecule has 0 rings (SSSR count). The molecule has 0 unspecified atom stereocenters. The molecule has 0 radical (unpaired) electrons. The monoisotopic (exact) mass is 233 g/mol. The van der Waals surface area contributed by atoms with E-state index >= 15 is 0 Å². The van der Waals surface area contributed by atoms with E-state index in [0.29, 0.717) is 13.0 Å². The summed E-state index contributed by atoms with van der Waals surface area (Å²) in [7, 11) is -3.25. The van der Waals surface area contributed by atoms with Crippen molar-refractivity contribution in [3.63, 3.8) is 0 Å². The Morgan fingerprint density at radius 3 is 2.30 bits per heavy atom. The number of hydrogen-bond donors (Lipinski definition) is 1. The standard InChI is InChI=1S/C4H11NO3S.BrH/c1-9(6,7)8-4-2-3-5;/h2-5H2,1H3;1H. The van der Waals surface area contributed by atoms with Gasteiger partial charge in [0.15, 0.2) is 0 Å². The van der Waals surface area contributed by atoms with E-state index in [0.717, 1.165) is 6.26 Å². The van der Waals surface area contributed by atoms with E-state index in [4.69, 9.17) is 5.73 Å². The summed E-state index contributed by atoms with van der Waals surface area (Å²) >= 11 is 0. The van der Waals surface area contributed by atoms with Gasteiger partial charge in [-0.1, -0.05) is 0 Å². The van der Waals surface area contributed by atoms with Crippen LogP contribution in [0.2, 0.25) is 0 Å². The molecular formula is C4H12BrNO3S. The molecule has 64 valence electrons. The summed E-state index contributed by atoms with van der Waals surface area (Å²) in [5, 5.41) is 0. The summed E-state index contributed by atoms with van der Waals surface area (Å²) in [6.07, 6.45) is 1.59. The highest BCUT2D eigenvalue weighted by atomic mass is 79.9. The Kier molecular flexibility index (Phi) is 7.90. The third-order valence-electron chi connectivity index (χ3n) is 0.646. The quantitative estimate of drug-likeness (QED) is 0.544. The second-order valence-electron chi connectivity index (χ2n) is 1.67. The van der Waals surface area contributed by atoms with E-state index in [1.165, 1.54) is 0 Å². The summed E-state index contributed by atoms with van der Waals surface area (Å²) in [5.41, 5.74) is 5.08. The van der Waals surface area contributed by atoms with Gasteiger partial charge < -0.3 is 5.73 Å². The first-order valence-corrected chi connectivity index (χ1v) is 4.42. The van der Waals surface area contributed by atoms with Gasteiger partial charge in [0.2, 0.25) is 0 Å². The van der Waals surface area contributed by atoms with Gasteiger partial charge in [-0.2, -0.15) is 8.42 Å². The summed E-state index contributed by atoms with van der Waals surface area (Å²) in [5.74, 6) is 0. The summed E-state index contributed by atoms with van der Waals surface area (Å²) in [4.78, 5) is 0. The number of rotatable bonds is 4. The van der Waals surface area contributed by atoms with E-state index in [1.807, 2.05) is 0 Å². The first-order valence-electron chi connectivity index (χ1n) is 2.61. The molecule has 0 aliphatic heterocycles. The molecule has 0 aromatic rings.